The van der Waals surface area contributed by atoms with Gasteiger partial charge in [0.05, 0.1) is 27.4 Å². The Morgan fingerprint density at radius 1 is 1.03 bits per heavy atom. The number of hydrogen-bond donors (Lipinski definition) is 2. The van der Waals surface area contributed by atoms with Crippen molar-refractivity contribution in [1.82, 2.24) is 10.5 Å². The van der Waals surface area contributed by atoms with Crippen LogP contribution < -0.4 is 19.5 Å². The van der Waals surface area contributed by atoms with Crippen molar-refractivity contribution < 1.29 is 33.4 Å². The van der Waals surface area contributed by atoms with E-state index in [1.54, 1.807) is 31.2 Å². The van der Waals surface area contributed by atoms with Crippen LogP contribution in [0.15, 0.2) is 47.0 Å². The molecule has 9 nitrogen and oxygen atoms in total. The smallest absolute Gasteiger partial charge is 0.341 e. The average Bonchev–Trinajstić information content (AvgIpc) is 3.24. The second-order valence-electron chi connectivity index (χ2n) is 6.55. The van der Waals surface area contributed by atoms with Crippen LogP contribution >= 0.6 is 0 Å². The van der Waals surface area contributed by atoms with Crippen LogP contribution in [0.4, 0.5) is 0 Å². The van der Waals surface area contributed by atoms with Gasteiger partial charge in [-0.05, 0) is 19.1 Å². The van der Waals surface area contributed by atoms with Gasteiger partial charge in [0.25, 0.3) is 5.91 Å². The highest BCUT2D eigenvalue weighted by Crippen LogP contribution is 2.38. The van der Waals surface area contributed by atoms with E-state index in [4.69, 9.17) is 18.7 Å². The van der Waals surface area contributed by atoms with Gasteiger partial charge in [0, 0.05) is 11.1 Å². The summed E-state index contributed by atoms with van der Waals surface area (Å²) >= 11 is 0. The number of aromatic carboxylic acids is 1. The molecule has 0 bridgehead atoms. The number of carboxylic acid groups (broad SMARTS) is 1. The summed E-state index contributed by atoms with van der Waals surface area (Å²) < 4.78 is 21.1. The molecule has 1 amide bonds. The van der Waals surface area contributed by atoms with Crippen LogP contribution in [0.2, 0.25) is 0 Å². The summed E-state index contributed by atoms with van der Waals surface area (Å²) in [5, 5.41) is 16.4. The summed E-state index contributed by atoms with van der Waals surface area (Å²) in [6.45, 7) is 1.61. The lowest BCUT2D eigenvalue weighted by Gasteiger charge is -2.16. The average molecular weight is 426 g/mol. The number of amides is 1. The highest BCUT2D eigenvalue weighted by Gasteiger charge is 2.28. The van der Waals surface area contributed by atoms with Crippen LogP contribution in [0.3, 0.4) is 0 Å². The number of carbonyl (C=O) groups excluding carboxylic acids is 1. The SMILES string of the molecule is COc1cc(C(=O)NC(C)c2onc(-c3ccccc3)c2C(=O)O)cc(OC)c1OC. The molecule has 3 rings (SSSR count). The molecule has 0 fully saturated rings. The number of aromatic nitrogens is 1. The largest absolute Gasteiger partial charge is 0.493 e. The molecule has 9 heteroatoms. The number of nitrogens with one attached hydrogen (secondary N) is 1. The van der Waals surface area contributed by atoms with Crippen LogP contribution in [0.1, 0.15) is 39.4 Å². The van der Waals surface area contributed by atoms with Gasteiger partial charge in [-0.1, -0.05) is 35.5 Å². The van der Waals surface area contributed by atoms with E-state index in [1.165, 1.54) is 33.5 Å². The van der Waals surface area contributed by atoms with Gasteiger partial charge in [-0.15, -0.1) is 0 Å². The van der Waals surface area contributed by atoms with Crippen molar-refractivity contribution in [3.8, 4) is 28.5 Å². The number of methoxy groups -OCH3 is 3. The number of carbonyl (C=O) groups is 2. The third-order valence-corrected chi connectivity index (χ3v) is 4.65. The first-order valence-corrected chi connectivity index (χ1v) is 9.30. The predicted octanol–water partition coefficient (Wildman–Crippen LogP) is 3.56. The van der Waals surface area contributed by atoms with Crippen LogP contribution in [0.5, 0.6) is 17.2 Å². The van der Waals surface area contributed by atoms with E-state index in [0.717, 1.165) is 0 Å². The standard InChI is InChI=1S/C22H22N2O7/c1-12(19-17(22(26)27)18(24-31-19)13-8-6-5-7-9-13)23-21(25)14-10-15(28-2)20(30-4)16(11-14)29-3/h5-12H,1-4H3,(H,23,25)(H,26,27). The lowest BCUT2D eigenvalue weighted by molar-refractivity contribution is 0.0692. The van der Waals surface area contributed by atoms with Gasteiger partial charge in [-0.25, -0.2) is 4.79 Å². The van der Waals surface area contributed by atoms with Gasteiger partial charge in [0.2, 0.25) is 5.75 Å². The Balaban J connectivity index is 1.92. The van der Waals surface area contributed by atoms with Gasteiger partial charge < -0.3 is 29.2 Å². The summed E-state index contributed by atoms with van der Waals surface area (Å²) in [7, 11) is 4.35. The van der Waals surface area contributed by atoms with E-state index < -0.39 is 17.9 Å². The van der Waals surface area contributed by atoms with Crippen LogP contribution in [0.25, 0.3) is 11.3 Å². The molecule has 0 aliphatic heterocycles. The molecule has 0 spiro atoms. The number of nitrogens with zero attached hydrogens (tertiary/aromatic N) is 1. The zero-order valence-electron chi connectivity index (χ0n) is 17.5. The molecule has 0 aliphatic carbocycles. The van der Waals surface area contributed by atoms with Gasteiger partial charge in [0.15, 0.2) is 17.3 Å². The van der Waals surface area contributed by atoms with Crippen molar-refractivity contribution in [2.24, 2.45) is 0 Å². The van der Waals surface area contributed by atoms with E-state index in [2.05, 4.69) is 10.5 Å². The molecular formula is C22H22N2O7. The number of hydrogen-bond acceptors (Lipinski definition) is 7. The van der Waals surface area contributed by atoms with Gasteiger partial charge >= 0.3 is 5.97 Å². The Morgan fingerprint density at radius 2 is 1.65 bits per heavy atom. The zero-order valence-corrected chi connectivity index (χ0v) is 17.5. The minimum absolute atomic E-state index is 0.0344. The molecule has 3 aromatic rings. The maximum absolute atomic E-state index is 12.8. The van der Waals surface area contributed by atoms with Crippen molar-refractivity contribution in [3.05, 3.63) is 59.4 Å². The van der Waals surface area contributed by atoms with Gasteiger partial charge in [-0.2, -0.15) is 0 Å². The molecule has 0 radical (unpaired) electrons. The Kier molecular flexibility index (Phi) is 6.44. The summed E-state index contributed by atoms with van der Waals surface area (Å²) in [4.78, 5) is 24.8. The van der Waals surface area contributed by atoms with E-state index in [9.17, 15) is 14.7 Å². The molecule has 1 aromatic heterocycles. The molecule has 31 heavy (non-hydrogen) atoms. The van der Waals surface area contributed by atoms with Crippen LogP contribution in [-0.2, 0) is 0 Å². The van der Waals surface area contributed by atoms with Crippen molar-refractivity contribution in [2.45, 2.75) is 13.0 Å². The fraction of sp³-hybridized carbons (Fsp3) is 0.227. The molecule has 1 heterocycles. The molecule has 162 valence electrons. The lowest BCUT2D eigenvalue weighted by Crippen LogP contribution is -2.27. The molecular weight excluding hydrogens is 404 g/mol. The minimum Gasteiger partial charge on any atom is -0.493 e. The fourth-order valence-corrected chi connectivity index (χ4v) is 3.16. The molecule has 0 saturated heterocycles. The zero-order chi connectivity index (χ0) is 22.5. The summed E-state index contributed by atoms with van der Waals surface area (Å²) in [5.74, 6) is -0.670. The molecule has 0 saturated carbocycles. The Labute approximate surface area is 178 Å². The summed E-state index contributed by atoms with van der Waals surface area (Å²) in [6.07, 6.45) is 0. The minimum atomic E-state index is -1.20. The predicted molar refractivity (Wildman–Crippen MR) is 111 cm³/mol. The van der Waals surface area contributed by atoms with E-state index in [-0.39, 0.29) is 22.6 Å². The first-order valence-electron chi connectivity index (χ1n) is 9.30. The maximum Gasteiger partial charge on any atom is 0.341 e. The van der Waals surface area contributed by atoms with Crippen LogP contribution in [-0.4, -0.2) is 43.5 Å². The number of carboxylic acids is 1. The second kappa shape index (κ2) is 9.21. The molecule has 0 aliphatic rings. The number of benzene rings is 2. The molecule has 2 aromatic carbocycles. The van der Waals surface area contributed by atoms with Crippen LogP contribution in [0, 0.1) is 0 Å². The fourth-order valence-electron chi connectivity index (χ4n) is 3.16. The lowest BCUT2D eigenvalue weighted by atomic mass is 10.0. The quantitative estimate of drug-likeness (QED) is 0.561. The summed E-state index contributed by atoms with van der Waals surface area (Å²) in [5.41, 5.74) is 0.917. The number of rotatable bonds is 8. The van der Waals surface area contributed by atoms with Gasteiger partial charge in [0.1, 0.15) is 11.3 Å². The summed E-state index contributed by atoms with van der Waals surface area (Å²) in [6, 6.07) is 11.0. The molecule has 2 N–H and O–H groups in total. The monoisotopic (exact) mass is 426 g/mol. The first-order chi connectivity index (χ1) is 14.9. The third kappa shape index (κ3) is 4.30. The first kappa shape index (κ1) is 21.7. The second-order valence-corrected chi connectivity index (χ2v) is 6.55. The van der Waals surface area contributed by atoms with Crippen molar-refractivity contribution in [1.29, 1.82) is 0 Å². The van der Waals surface area contributed by atoms with Gasteiger partial charge in [-0.3, -0.25) is 4.79 Å². The topological polar surface area (TPSA) is 120 Å². The van der Waals surface area contributed by atoms with E-state index in [1.807, 2.05) is 6.07 Å². The molecule has 1 unspecified atom stereocenters. The van der Waals surface area contributed by atoms with E-state index >= 15 is 0 Å². The Morgan fingerprint density at radius 3 is 2.16 bits per heavy atom. The number of ether oxygens (including phenoxy) is 3. The molecule has 1 atom stereocenters. The van der Waals surface area contributed by atoms with Crippen molar-refractivity contribution in [3.63, 3.8) is 0 Å². The normalized spacial score (nSPS) is 11.5. The maximum atomic E-state index is 12.8. The van der Waals surface area contributed by atoms with Crippen molar-refractivity contribution in [2.75, 3.05) is 21.3 Å². The highest BCUT2D eigenvalue weighted by molar-refractivity contribution is 5.98. The Hall–Kier alpha value is -4.01. The highest BCUT2D eigenvalue weighted by atomic mass is 16.5. The van der Waals surface area contributed by atoms with Crippen molar-refractivity contribution >= 4 is 11.9 Å². The Bertz CT molecular complexity index is 1070. The van der Waals surface area contributed by atoms with E-state index in [0.29, 0.717) is 22.8 Å². The third-order valence-electron chi connectivity index (χ3n) is 4.65.